The number of hydrogen-bond acceptors (Lipinski definition) is 5. The van der Waals surface area contributed by atoms with Gasteiger partial charge in [-0.3, -0.25) is 14.6 Å². The quantitative estimate of drug-likeness (QED) is 0.636. The average Bonchev–Trinajstić information content (AvgIpc) is 2.70. The summed E-state index contributed by atoms with van der Waals surface area (Å²) < 4.78 is 5.94. The minimum absolute atomic E-state index is 0.0689. The van der Waals surface area contributed by atoms with Crippen molar-refractivity contribution in [1.29, 1.82) is 0 Å². The Labute approximate surface area is 173 Å². The van der Waals surface area contributed by atoms with Crippen LogP contribution >= 0.6 is 0 Å². The van der Waals surface area contributed by atoms with Gasteiger partial charge in [-0.25, -0.2) is 4.79 Å². The Morgan fingerprint density at radius 3 is 2.43 bits per heavy atom. The lowest BCUT2D eigenvalue weighted by atomic mass is 9.96. The molecule has 0 unspecified atom stereocenters. The first-order chi connectivity index (χ1) is 14.3. The highest BCUT2D eigenvalue weighted by molar-refractivity contribution is 6.05. The number of carboxylic acids is 1. The van der Waals surface area contributed by atoms with E-state index in [2.05, 4.69) is 10.3 Å². The van der Waals surface area contributed by atoms with Crippen LogP contribution in [-0.2, 0) is 6.42 Å². The van der Waals surface area contributed by atoms with E-state index in [0.717, 1.165) is 0 Å². The lowest BCUT2D eigenvalue weighted by molar-refractivity contribution is 0.0696. The lowest BCUT2D eigenvalue weighted by Crippen LogP contribution is -2.26. The van der Waals surface area contributed by atoms with Gasteiger partial charge in [0.05, 0.1) is 5.56 Å². The highest BCUT2D eigenvalue weighted by Gasteiger charge is 2.24. The number of aryl methyl sites for hydroxylation is 1. The third kappa shape index (κ3) is 4.46. The number of hydrogen-bond donors (Lipinski definition) is 2. The van der Waals surface area contributed by atoms with Gasteiger partial charge >= 0.3 is 5.97 Å². The smallest absolute Gasteiger partial charge is 0.335 e. The zero-order valence-corrected chi connectivity index (χ0v) is 16.9. The van der Waals surface area contributed by atoms with Gasteiger partial charge in [0.25, 0.3) is 5.91 Å². The van der Waals surface area contributed by atoms with Crippen molar-refractivity contribution >= 4 is 17.6 Å². The Bertz CT molecular complexity index is 1130. The molecule has 0 saturated carbocycles. The Kier molecular flexibility index (Phi) is 6.11. The average molecular weight is 406 g/mol. The Morgan fingerprint density at radius 1 is 1.17 bits per heavy atom. The maximum atomic E-state index is 13.3. The summed E-state index contributed by atoms with van der Waals surface area (Å²) in [6.45, 7) is 5.54. The van der Waals surface area contributed by atoms with E-state index in [4.69, 9.17) is 9.52 Å². The summed E-state index contributed by atoms with van der Waals surface area (Å²) in [5.74, 6) is -0.876. The summed E-state index contributed by atoms with van der Waals surface area (Å²) in [6, 6.07) is 9.25. The van der Waals surface area contributed by atoms with Crippen molar-refractivity contribution in [1.82, 2.24) is 4.98 Å². The summed E-state index contributed by atoms with van der Waals surface area (Å²) in [7, 11) is 0. The first-order valence-electron chi connectivity index (χ1n) is 9.49. The molecular weight excluding hydrogens is 384 g/mol. The van der Waals surface area contributed by atoms with Crippen molar-refractivity contribution in [2.75, 3.05) is 5.32 Å². The summed E-state index contributed by atoms with van der Waals surface area (Å²) in [5.41, 5.74) is 1.13. The van der Waals surface area contributed by atoms with Crippen molar-refractivity contribution in [3.63, 3.8) is 0 Å². The van der Waals surface area contributed by atoms with Crippen molar-refractivity contribution in [3.8, 4) is 11.3 Å². The van der Waals surface area contributed by atoms with Crippen LogP contribution in [0, 0.1) is 12.8 Å². The SMILES string of the molecule is Cc1oc(-c2cccnc2)c(CC(C)C)c(=O)c1C(=O)Nc1ccc(C(=O)O)cc1. The van der Waals surface area contributed by atoms with Crippen LogP contribution in [0.1, 0.15) is 45.9 Å². The summed E-state index contributed by atoms with van der Waals surface area (Å²) in [5, 5.41) is 11.6. The Hall–Kier alpha value is -3.74. The van der Waals surface area contributed by atoms with Crippen molar-refractivity contribution in [3.05, 3.63) is 81.5 Å². The van der Waals surface area contributed by atoms with E-state index in [1.807, 2.05) is 13.8 Å². The third-order valence-electron chi connectivity index (χ3n) is 4.54. The highest BCUT2D eigenvalue weighted by Crippen LogP contribution is 2.26. The summed E-state index contributed by atoms with van der Waals surface area (Å²) in [6.07, 6.45) is 3.69. The zero-order valence-electron chi connectivity index (χ0n) is 16.9. The maximum Gasteiger partial charge on any atom is 0.335 e. The van der Waals surface area contributed by atoms with Crippen molar-refractivity contribution in [2.24, 2.45) is 5.92 Å². The number of benzene rings is 1. The number of rotatable bonds is 6. The number of carboxylic acid groups (broad SMARTS) is 1. The largest absolute Gasteiger partial charge is 0.478 e. The molecule has 0 bridgehead atoms. The zero-order chi connectivity index (χ0) is 21.8. The Morgan fingerprint density at radius 2 is 1.87 bits per heavy atom. The van der Waals surface area contributed by atoms with E-state index < -0.39 is 11.9 Å². The molecule has 30 heavy (non-hydrogen) atoms. The van der Waals surface area contributed by atoms with Gasteiger partial charge in [0.2, 0.25) is 5.43 Å². The molecule has 0 fully saturated rings. The van der Waals surface area contributed by atoms with Crippen LogP contribution in [0.3, 0.4) is 0 Å². The molecule has 3 rings (SSSR count). The van der Waals surface area contributed by atoms with Gasteiger partial charge in [-0.15, -0.1) is 0 Å². The number of nitrogens with zero attached hydrogens (tertiary/aromatic N) is 1. The van der Waals surface area contributed by atoms with Crippen LogP contribution < -0.4 is 10.7 Å². The van der Waals surface area contributed by atoms with Gasteiger partial charge in [0.15, 0.2) is 0 Å². The number of aromatic carboxylic acids is 1. The third-order valence-corrected chi connectivity index (χ3v) is 4.54. The molecule has 2 heterocycles. The van der Waals surface area contributed by atoms with Crippen LogP contribution in [0.4, 0.5) is 5.69 Å². The normalized spacial score (nSPS) is 10.8. The molecule has 3 aromatic rings. The fourth-order valence-electron chi connectivity index (χ4n) is 3.16. The van der Waals surface area contributed by atoms with Crippen molar-refractivity contribution < 1.29 is 19.1 Å². The van der Waals surface area contributed by atoms with E-state index in [-0.39, 0.29) is 28.2 Å². The summed E-state index contributed by atoms with van der Waals surface area (Å²) in [4.78, 5) is 41.2. The molecule has 0 saturated heterocycles. The van der Waals surface area contributed by atoms with Crippen LogP contribution in [0.15, 0.2) is 58.0 Å². The number of amides is 1. The van der Waals surface area contributed by atoms with E-state index in [1.165, 1.54) is 24.3 Å². The molecule has 1 amide bonds. The molecule has 0 radical (unpaired) electrons. The standard InChI is InChI=1S/C23H22N2O5/c1-13(2)11-18-20(26)19(14(3)30-21(18)16-5-4-10-24-12-16)22(27)25-17-8-6-15(7-9-17)23(28)29/h4-10,12-13H,11H2,1-3H3,(H,25,27)(H,28,29). The number of pyridine rings is 1. The first-order valence-corrected chi connectivity index (χ1v) is 9.49. The fourth-order valence-corrected chi connectivity index (χ4v) is 3.16. The van der Waals surface area contributed by atoms with Crippen LogP contribution in [0.5, 0.6) is 0 Å². The lowest BCUT2D eigenvalue weighted by Gasteiger charge is -2.14. The fraction of sp³-hybridized carbons (Fsp3) is 0.217. The van der Waals surface area contributed by atoms with E-state index >= 15 is 0 Å². The van der Waals surface area contributed by atoms with Gasteiger partial charge in [-0.05, 0) is 55.7 Å². The number of anilines is 1. The molecule has 7 heteroatoms. The minimum atomic E-state index is -1.06. The maximum absolute atomic E-state index is 13.3. The minimum Gasteiger partial charge on any atom is -0.478 e. The number of carbonyl (C=O) groups is 2. The van der Waals surface area contributed by atoms with Crippen LogP contribution in [0.25, 0.3) is 11.3 Å². The number of aromatic nitrogens is 1. The van der Waals surface area contributed by atoms with Crippen LogP contribution in [0.2, 0.25) is 0 Å². The summed E-state index contributed by atoms with van der Waals surface area (Å²) >= 11 is 0. The van der Waals surface area contributed by atoms with Gasteiger partial charge in [0, 0.05) is 29.2 Å². The molecular formula is C23H22N2O5. The molecule has 0 aliphatic rings. The molecule has 2 aromatic heterocycles. The molecule has 1 aromatic carbocycles. The molecule has 0 aliphatic heterocycles. The van der Waals surface area contributed by atoms with Crippen molar-refractivity contribution in [2.45, 2.75) is 27.2 Å². The first kappa shape index (κ1) is 21.0. The van der Waals surface area contributed by atoms with Gasteiger partial charge < -0.3 is 14.8 Å². The molecule has 0 aliphatic carbocycles. The van der Waals surface area contributed by atoms with E-state index in [1.54, 1.807) is 31.5 Å². The van der Waals surface area contributed by atoms with Gasteiger partial charge in [-0.1, -0.05) is 13.8 Å². The topological polar surface area (TPSA) is 110 Å². The van der Waals surface area contributed by atoms with E-state index in [9.17, 15) is 14.4 Å². The second-order valence-corrected chi connectivity index (χ2v) is 7.35. The molecule has 0 spiro atoms. The molecule has 7 nitrogen and oxygen atoms in total. The monoisotopic (exact) mass is 406 g/mol. The second-order valence-electron chi connectivity index (χ2n) is 7.35. The number of carbonyl (C=O) groups excluding carboxylic acids is 1. The molecule has 0 atom stereocenters. The molecule has 2 N–H and O–H groups in total. The second kappa shape index (κ2) is 8.73. The van der Waals surface area contributed by atoms with E-state index in [0.29, 0.717) is 29.0 Å². The van der Waals surface area contributed by atoms with Crippen LogP contribution in [-0.4, -0.2) is 22.0 Å². The molecule has 154 valence electrons. The Balaban J connectivity index is 2.03. The highest BCUT2D eigenvalue weighted by atomic mass is 16.4. The van der Waals surface area contributed by atoms with Gasteiger partial charge in [-0.2, -0.15) is 0 Å². The number of nitrogens with one attached hydrogen (secondary N) is 1. The predicted octanol–water partition coefficient (Wildman–Crippen LogP) is 4.16. The van der Waals surface area contributed by atoms with Gasteiger partial charge in [0.1, 0.15) is 17.1 Å². The predicted molar refractivity (Wildman–Crippen MR) is 113 cm³/mol.